The van der Waals surface area contributed by atoms with Crippen molar-refractivity contribution in [3.8, 4) is 0 Å². The number of nitrogens with two attached hydrogens (primary N) is 1. The minimum Gasteiger partial charge on any atom is -0.328 e. The molecule has 100 valence electrons. The second-order valence-corrected chi connectivity index (χ2v) is 6.06. The molecule has 0 aromatic carbocycles. The number of nitrogens with zero attached hydrogens (tertiary/aromatic N) is 2. The predicted molar refractivity (Wildman–Crippen MR) is 78.3 cm³/mol. The van der Waals surface area contributed by atoms with Crippen LogP contribution in [0.2, 0.25) is 0 Å². The first-order valence-corrected chi connectivity index (χ1v) is 7.57. The first-order chi connectivity index (χ1) is 8.69. The van der Waals surface area contributed by atoms with Gasteiger partial charge in [0.1, 0.15) is 0 Å². The third kappa shape index (κ3) is 3.77. The Morgan fingerprint density at radius 3 is 2.67 bits per heavy atom. The van der Waals surface area contributed by atoms with Gasteiger partial charge in [0.05, 0.1) is 0 Å². The number of aromatic nitrogens is 1. The van der Waals surface area contributed by atoms with Gasteiger partial charge >= 0.3 is 0 Å². The van der Waals surface area contributed by atoms with Crippen molar-refractivity contribution in [1.29, 1.82) is 0 Å². The lowest BCUT2D eigenvalue weighted by molar-refractivity contribution is 0.149. The van der Waals surface area contributed by atoms with Crippen LogP contribution in [0.15, 0.2) is 22.9 Å². The van der Waals surface area contributed by atoms with Crippen LogP contribution in [0.5, 0.6) is 0 Å². The van der Waals surface area contributed by atoms with Crippen LogP contribution in [0.3, 0.4) is 0 Å². The molecule has 18 heavy (non-hydrogen) atoms. The van der Waals surface area contributed by atoms with Crippen molar-refractivity contribution in [2.45, 2.75) is 51.2 Å². The molecule has 1 aromatic rings. The average Bonchev–Trinajstić information content (AvgIpc) is 2.37. The third-order valence-corrected chi connectivity index (χ3v) is 4.24. The summed E-state index contributed by atoms with van der Waals surface area (Å²) in [6.45, 7) is 4.31. The highest BCUT2D eigenvalue weighted by Gasteiger charge is 2.23. The van der Waals surface area contributed by atoms with Crippen LogP contribution in [0, 0.1) is 0 Å². The Morgan fingerprint density at radius 1 is 1.33 bits per heavy atom. The zero-order chi connectivity index (χ0) is 13.0. The van der Waals surface area contributed by atoms with E-state index in [-0.39, 0.29) is 0 Å². The molecule has 0 aliphatic heterocycles. The summed E-state index contributed by atoms with van der Waals surface area (Å²) in [6, 6.07) is 3.27. The van der Waals surface area contributed by atoms with E-state index in [1.54, 1.807) is 0 Å². The Bertz CT molecular complexity index is 375. The van der Waals surface area contributed by atoms with E-state index >= 15 is 0 Å². The minimum atomic E-state index is 0.424. The summed E-state index contributed by atoms with van der Waals surface area (Å²) >= 11 is 3.48. The van der Waals surface area contributed by atoms with Gasteiger partial charge < -0.3 is 5.73 Å². The fourth-order valence-electron chi connectivity index (χ4n) is 2.74. The summed E-state index contributed by atoms with van der Waals surface area (Å²) < 4.78 is 1.06. The van der Waals surface area contributed by atoms with Gasteiger partial charge in [-0.3, -0.25) is 9.88 Å². The van der Waals surface area contributed by atoms with Crippen molar-refractivity contribution in [2.24, 2.45) is 5.73 Å². The molecule has 4 heteroatoms. The van der Waals surface area contributed by atoms with Crippen molar-refractivity contribution in [1.82, 2.24) is 9.88 Å². The maximum absolute atomic E-state index is 5.98. The van der Waals surface area contributed by atoms with Gasteiger partial charge in [0.15, 0.2) is 0 Å². The molecule has 1 aromatic heterocycles. The third-order valence-electron chi connectivity index (χ3n) is 3.81. The van der Waals surface area contributed by atoms with E-state index in [0.717, 1.165) is 30.4 Å². The molecule has 1 heterocycles. The standard InChI is InChI=1S/C14H22BrN3/c1-2-18(14-5-3-13(16)4-6-14)10-11-7-12(15)9-17-8-11/h7-9,13-14H,2-6,10,16H2,1H3. The Labute approximate surface area is 118 Å². The molecule has 3 nitrogen and oxygen atoms in total. The topological polar surface area (TPSA) is 42.2 Å². The second-order valence-electron chi connectivity index (χ2n) is 5.14. The summed E-state index contributed by atoms with van der Waals surface area (Å²) in [5.74, 6) is 0. The van der Waals surface area contributed by atoms with Gasteiger partial charge in [-0.25, -0.2) is 0 Å². The van der Waals surface area contributed by atoms with E-state index < -0.39 is 0 Å². The molecule has 2 N–H and O–H groups in total. The Morgan fingerprint density at radius 2 is 2.06 bits per heavy atom. The van der Waals surface area contributed by atoms with Crippen LogP contribution in [0.1, 0.15) is 38.2 Å². The number of pyridine rings is 1. The fourth-order valence-corrected chi connectivity index (χ4v) is 3.15. The maximum Gasteiger partial charge on any atom is 0.0410 e. The summed E-state index contributed by atoms with van der Waals surface area (Å²) in [7, 11) is 0. The lowest BCUT2D eigenvalue weighted by atomic mass is 9.90. The van der Waals surface area contributed by atoms with Crippen molar-refractivity contribution in [3.05, 3.63) is 28.5 Å². The van der Waals surface area contributed by atoms with Gasteiger partial charge in [0.25, 0.3) is 0 Å². The largest absolute Gasteiger partial charge is 0.328 e. The smallest absolute Gasteiger partial charge is 0.0410 e. The van der Waals surface area contributed by atoms with Gasteiger partial charge in [-0.1, -0.05) is 6.92 Å². The number of rotatable bonds is 4. The number of hydrogen-bond donors (Lipinski definition) is 1. The van der Waals surface area contributed by atoms with Gasteiger partial charge in [-0.2, -0.15) is 0 Å². The normalized spacial score (nSPS) is 24.4. The van der Waals surface area contributed by atoms with E-state index in [2.05, 4.69) is 38.8 Å². The highest BCUT2D eigenvalue weighted by atomic mass is 79.9. The monoisotopic (exact) mass is 311 g/mol. The van der Waals surface area contributed by atoms with E-state index in [4.69, 9.17) is 5.73 Å². The van der Waals surface area contributed by atoms with Gasteiger partial charge in [-0.05, 0) is 59.8 Å². The van der Waals surface area contributed by atoms with Crippen molar-refractivity contribution in [3.63, 3.8) is 0 Å². The average molecular weight is 312 g/mol. The lowest BCUT2D eigenvalue weighted by Crippen LogP contribution is -2.40. The van der Waals surface area contributed by atoms with Crippen molar-refractivity contribution >= 4 is 15.9 Å². The van der Waals surface area contributed by atoms with Crippen LogP contribution >= 0.6 is 15.9 Å². The van der Waals surface area contributed by atoms with E-state index in [1.807, 2.05) is 12.4 Å². The Hall–Kier alpha value is -0.450. The first kappa shape index (κ1) is 14.0. The molecule has 1 fully saturated rings. The molecule has 0 bridgehead atoms. The molecular weight excluding hydrogens is 290 g/mol. The fraction of sp³-hybridized carbons (Fsp3) is 0.643. The van der Waals surface area contributed by atoms with Crippen molar-refractivity contribution in [2.75, 3.05) is 6.54 Å². The molecule has 1 aliphatic rings. The maximum atomic E-state index is 5.98. The first-order valence-electron chi connectivity index (χ1n) is 6.78. The quantitative estimate of drug-likeness (QED) is 0.929. The number of hydrogen-bond acceptors (Lipinski definition) is 3. The molecule has 0 atom stereocenters. The molecule has 2 rings (SSSR count). The summed E-state index contributed by atoms with van der Waals surface area (Å²) in [4.78, 5) is 6.79. The highest BCUT2D eigenvalue weighted by Crippen LogP contribution is 2.23. The van der Waals surface area contributed by atoms with Gasteiger partial charge in [0.2, 0.25) is 0 Å². The van der Waals surface area contributed by atoms with Crippen molar-refractivity contribution < 1.29 is 0 Å². The molecule has 0 saturated heterocycles. The van der Waals surface area contributed by atoms with Gasteiger partial charge in [0, 0.05) is 35.5 Å². The molecule has 0 unspecified atom stereocenters. The van der Waals surface area contributed by atoms with Crippen LogP contribution in [0.25, 0.3) is 0 Å². The minimum absolute atomic E-state index is 0.424. The molecule has 1 aliphatic carbocycles. The van der Waals surface area contributed by atoms with E-state index in [1.165, 1.54) is 18.4 Å². The Balaban J connectivity index is 1.96. The molecule has 0 radical (unpaired) electrons. The Kier molecular flexibility index (Phi) is 5.15. The van der Waals surface area contributed by atoms with Crippen LogP contribution in [-0.2, 0) is 6.54 Å². The predicted octanol–water partition coefficient (Wildman–Crippen LogP) is 2.94. The lowest BCUT2D eigenvalue weighted by Gasteiger charge is -2.35. The zero-order valence-electron chi connectivity index (χ0n) is 11.0. The summed E-state index contributed by atoms with van der Waals surface area (Å²) in [6.07, 6.45) is 8.59. The SMILES string of the molecule is CCN(Cc1cncc(Br)c1)C1CCC(N)CC1. The van der Waals surface area contributed by atoms with Crippen LogP contribution < -0.4 is 5.73 Å². The van der Waals surface area contributed by atoms with E-state index in [0.29, 0.717) is 12.1 Å². The van der Waals surface area contributed by atoms with Crippen LogP contribution in [-0.4, -0.2) is 28.5 Å². The summed E-state index contributed by atoms with van der Waals surface area (Å²) in [5.41, 5.74) is 7.26. The molecular formula is C14H22BrN3. The highest BCUT2D eigenvalue weighted by molar-refractivity contribution is 9.10. The zero-order valence-corrected chi connectivity index (χ0v) is 12.6. The number of halogens is 1. The van der Waals surface area contributed by atoms with Gasteiger partial charge in [-0.15, -0.1) is 0 Å². The second kappa shape index (κ2) is 6.64. The molecule has 1 saturated carbocycles. The van der Waals surface area contributed by atoms with Crippen LogP contribution in [0.4, 0.5) is 0 Å². The van der Waals surface area contributed by atoms with E-state index in [9.17, 15) is 0 Å². The summed E-state index contributed by atoms with van der Waals surface area (Å²) in [5, 5.41) is 0. The molecule has 0 amide bonds. The molecule has 0 spiro atoms.